The number of aliphatic hydroxyl groups excluding tert-OH is 1. The van der Waals surface area contributed by atoms with Crippen LogP contribution in [-0.2, 0) is 4.74 Å². The summed E-state index contributed by atoms with van der Waals surface area (Å²) < 4.78 is 10.7. The first-order chi connectivity index (χ1) is 15.2. The Morgan fingerprint density at radius 2 is 1.55 bits per heavy atom. The summed E-state index contributed by atoms with van der Waals surface area (Å²) in [4.78, 5) is 14.2. The molecule has 172 valence electrons. The maximum absolute atomic E-state index is 10.9. The second kappa shape index (κ2) is 18.2. The molecule has 0 spiro atoms. The Morgan fingerprint density at radius 3 is 2.13 bits per heavy atom. The number of aliphatic hydroxyl groups is 1. The Balaban J connectivity index is 0.00000116. The number of H-pyrrole nitrogens is 1. The molecule has 5 heteroatoms. The maximum atomic E-state index is 10.9. The van der Waals surface area contributed by atoms with Crippen LogP contribution in [0.2, 0.25) is 0 Å². The topological polar surface area (TPSA) is 71.6 Å². The summed E-state index contributed by atoms with van der Waals surface area (Å²) in [6, 6.07) is 15.4. The van der Waals surface area contributed by atoms with Crippen molar-refractivity contribution in [3.63, 3.8) is 0 Å². The number of ether oxygens (including phenoxy) is 2. The Labute approximate surface area is 187 Å². The van der Waals surface area contributed by atoms with Gasteiger partial charge in [-0.25, -0.2) is 0 Å². The van der Waals surface area contributed by atoms with Crippen LogP contribution in [0.3, 0.4) is 0 Å². The minimum atomic E-state index is 0.0214. The summed E-state index contributed by atoms with van der Waals surface area (Å²) in [7, 11) is 0. The van der Waals surface area contributed by atoms with Gasteiger partial charge in [0.2, 0.25) is 0 Å². The average molecular weight is 430 g/mol. The van der Waals surface area contributed by atoms with E-state index in [9.17, 15) is 4.79 Å². The predicted octanol–water partition coefficient (Wildman–Crippen LogP) is 6.50. The van der Waals surface area contributed by atoms with Gasteiger partial charge in [-0.2, -0.15) is 0 Å². The summed E-state index contributed by atoms with van der Waals surface area (Å²) in [5.41, 5.74) is 3.63. The van der Waals surface area contributed by atoms with Crippen molar-refractivity contribution in [2.24, 2.45) is 0 Å². The van der Waals surface area contributed by atoms with E-state index in [-0.39, 0.29) is 6.61 Å². The molecule has 0 saturated heterocycles. The fourth-order valence-electron chi connectivity index (χ4n) is 2.49. The van der Waals surface area contributed by atoms with Gasteiger partial charge in [0.1, 0.15) is 18.6 Å². The lowest BCUT2D eigenvalue weighted by atomic mass is 10.1. The standard InChI is InChI=1S/C19H19NO4.C3H8.2C2H6/c21-7-8-23-9-10-24-17-5-3-15(4-6-17)19-12-16-2-1-14(13-22)11-18(16)20-19;1-3-2;2*1-2/h1-6,11-13,20-21H,7-10H2;3H2,1-2H3;2*1-2H3. The fourth-order valence-corrected chi connectivity index (χ4v) is 2.49. The number of aromatic nitrogens is 1. The fraction of sp³-hybridized carbons (Fsp3) is 0.423. The van der Waals surface area contributed by atoms with Gasteiger partial charge < -0.3 is 19.6 Å². The van der Waals surface area contributed by atoms with Gasteiger partial charge in [0, 0.05) is 22.2 Å². The van der Waals surface area contributed by atoms with Crippen LogP contribution in [0, 0.1) is 0 Å². The van der Waals surface area contributed by atoms with Gasteiger partial charge in [0.15, 0.2) is 0 Å². The Morgan fingerprint density at radius 1 is 0.903 bits per heavy atom. The highest BCUT2D eigenvalue weighted by atomic mass is 16.5. The van der Waals surface area contributed by atoms with Gasteiger partial charge in [0.05, 0.1) is 19.8 Å². The minimum Gasteiger partial charge on any atom is -0.491 e. The SMILES string of the molecule is CC.CC.CCC.O=Cc1ccc2cc(-c3ccc(OCCOCCO)cc3)[nH]c2c1. The first kappa shape index (κ1) is 28.4. The molecule has 31 heavy (non-hydrogen) atoms. The van der Waals surface area contributed by atoms with Crippen molar-refractivity contribution in [2.45, 2.75) is 48.0 Å². The van der Waals surface area contributed by atoms with Crippen LogP contribution in [0.25, 0.3) is 22.2 Å². The molecule has 2 N–H and O–H groups in total. The van der Waals surface area contributed by atoms with Crippen LogP contribution in [0.15, 0.2) is 48.5 Å². The molecule has 0 aliphatic carbocycles. The van der Waals surface area contributed by atoms with Gasteiger partial charge >= 0.3 is 0 Å². The van der Waals surface area contributed by atoms with Crippen molar-refractivity contribution < 1.29 is 19.4 Å². The molecule has 0 aliphatic rings. The van der Waals surface area contributed by atoms with E-state index in [1.54, 1.807) is 0 Å². The van der Waals surface area contributed by atoms with Crippen LogP contribution in [0.1, 0.15) is 58.3 Å². The number of rotatable bonds is 8. The van der Waals surface area contributed by atoms with Gasteiger partial charge in [-0.05, 0) is 42.0 Å². The van der Waals surface area contributed by atoms with Gasteiger partial charge in [-0.15, -0.1) is 0 Å². The van der Waals surface area contributed by atoms with E-state index in [1.807, 2.05) is 70.2 Å². The molecular formula is C26H39NO4. The number of hydrogen-bond acceptors (Lipinski definition) is 4. The van der Waals surface area contributed by atoms with Crippen LogP contribution in [-0.4, -0.2) is 42.8 Å². The van der Waals surface area contributed by atoms with E-state index in [2.05, 4.69) is 24.9 Å². The number of carbonyl (C=O) groups is 1. The number of nitrogens with one attached hydrogen (secondary N) is 1. The zero-order valence-corrected chi connectivity index (χ0v) is 19.9. The van der Waals surface area contributed by atoms with Crippen molar-refractivity contribution in [1.82, 2.24) is 4.98 Å². The van der Waals surface area contributed by atoms with Gasteiger partial charge in [-0.1, -0.05) is 60.1 Å². The van der Waals surface area contributed by atoms with E-state index in [1.165, 1.54) is 6.42 Å². The van der Waals surface area contributed by atoms with Crippen molar-refractivity contribution >= 4 is 17.2 Å². The van der Waals surface area contributed by atoms with Crippen molar-refractivity contribution in [3.8, 4) is 17.0 Å². The number of benzene rings is 2. The third-order valence-electron chi connectivity index (χ3n) is 3.68. The molecule has 1 aromatic heterocycles. The molecule has 2 aromatic carbocycles. The molecule has 5 nitrogen and oxygen atoms in total. The zero-order chi connectivity index (χ0) is 23.5. The third kappa shape index (κ3) is 10.3. The smallest absolute Gasteiger partial charge is 0.150 e. The average Bonchev–Trinajstić information content (AvgIpc) is 3.26. The van der Waals surface area contributed by atoms with E-state index in [0.29, 0.717) is 25.4 Å². The summed E-state index contributed by atoms with van der Waals surface area (Å²) in [5, 5.41) is 9.68. The normalized spacial score (nSPS) is 9.39. The minimum absolute atomic E-state index is 0.0214. The quantitative estimate of drug-likeness (QED) is 0.316. The Kier molecular flexibility index (Phi) is 16.6. The molecule has 3 rings (SSSR count). The summed E-state index contributed by atoms with van der Waals surface area (Å²) >= 11 is 0. The van der Waals surface area contributed by atoms with Crippen LogP contribution in [0.5, 0.6) is 5.75 Å². The van der Waals surface area contributed by atoms with Crippen molar-refractivity contribution in [2.75, 3.05) is 26.4 Å². The highest BCUT2D eigenvalue weighted by Gasteiger charge is 2.05. The number of hydrogen-bond donors (Lipinski definition) is 2. The van der Waals surface area contributed by atoms with Gasteiger partial charge in [-0.3, -0.25) is 4.79 Å². The maximum Gasteiger partial charge on any atom is 0.150 e. The highest BCUT2D eigenvalue weighted by molar-refractivity contribution is 5.90. The second-order valence-corrected chi connectivity index (χ2v) is 6.06. The molecule has 0 radical (unpaired) electrons. The van der Waals surface area contributed by atoms with Crippen LogP contribution >= 0.6 is 0 Å². The second-order valence-electron chi connectivity index (χ2n) is 6.06. The van der Waals surface area contributed by atoms with E-state index in [0.717, 1.165) is 34.2 Å². The first-order valence-electron chi connectivity index (χ1n) is 11.2. The summed E-state index contributed by atoms with van der Waals surface area (Å²) in [6.45, 7) is 13.5. The molecule has 0 bridgehead atoms. The third-order valence-corrected chi connectivity index (χ3v) is 3.68. The molecule has 3 aromatic rings. The van der Waals surface area contributed by atoms with E-state index < -0.39 is 0 Å². The van der Waals surface area contributed by atoms with Crippen LogP contribution < -0.4 is 4.74 Å². The largest absolute Gasteiger partial charge is 0.491 e. The summed E-state index contributed by atoms with van der Waals surface area (Å²) in [5.74, 6) is 0.769. The highest BCUT2D eigenvalue weighted by Crippen LogP contribution is 2.26. The predicted molar refractivity (Wildman–Crippen MR) is 131 cm³/mol. The molecule has 0 saturated carbocycles. The lowest BCUT2D eigenvalue weighted by Crippen LogP contribution is -2.08. The molecule has 1 heterocycles. The summed E-state index contributed by atoms with van der Waals surface area (Å²) in [6.07, 6.45) is 2.09. The number of aromatic amines is 1. The molecule has 0 aliphatic heterocycles. The van der Waals surface area contributed by atoms with Gasteiger partial charge in [0.25, 0.3) is 0 Å². The molecular weight excluding hydrogens is 390 g/mol. The van der Waals surface area contributed by atoms with E-state index in [4.69, 9.17) is 14.6 Å². The lowest BCUT2D eigenvalue weighted by Gasteiger charge is -2.07. The Bertz CT molecular complexity index is 825. The molecule has 0 amide bonds. The number of fused-ring (bicyclic) bond motifs is 1. The van der Waals surface area contributed by atoms with Crippen LogP contribution in [0.4, 0.5) is 0 Å². The molecule has 0 atom stereocenters. The number of aldehydes is 1. The zero-order valence-electron chi connectivity index (χ0n) is 19.9. The monoisotopic (exact) mass is 429 g/mol. The number of carbonyl (C=O) groups excluding carboxylic acids is 1. The first-order valence-corrected chi connectivity index (χ1v) is 11.2. The molecule has 0 unspecified atom stereocenters. The Hall–Kier alpha value is -2.63. The molecule has 0 fully saturated rings. The van der Waals surface area contributed by atoms with E-state index >= 15 is 0 Å². The lowest BCUT2D eigenvalue weighted by molar-refractivity contribution is 0.0705. The van der Waals surface area contributed by atoms with Crippen molar-refractivity contribution in [3.05, 3.63) is 54.1 Å². The van der Waals surface area contributed by atoms with Crippen molar-refractivity contribution in [1.29, 1.82) is 0 Å².